The van der Waals surface area contributed by atoms with Crippen LogP contribution in [0, 0.1) is 18.3 Å². The highest BCUT2D eigenvalue weighted by Gasteiger charge is 2.42. The van der Waals surface area contributed by atoms with Gasteiger partial charge < -0.3 is 4.90 Å². The van der Waals surface area contributed by atoms with Crippen LogP contribution in [-0.4, -0.2) is 18.4 Å². The third-order valence-electron chi connectivity index (χ3n) is 7.26. The maximum Gasteiger partial charge on any atom is 0.276 e. The predicted octanol–water partition coefficient (Wildman–Crippen LogP) is 5.26. The zero-order valence-electron chi connectivity index (χ0n) is 20.0. The van der Waals surface area contributed by atoms with E-state index in [1.807, 2.05) is 31.2 Å². The number of nitriles is 1. The maximum absolute atomic E-state index is 13.5. The fourth-order valence-corrected chi connectivity index (χ4v) is 5.37. The van der Waals surface area contributed by atoms with Crippen molar-refractivity contribution >= 4 is 23.2 Å². The van der Waals surface area contributed by atoms with Crippen molar-refractivity contribution in [2.75, 3.05) is 16.3 Å². The van der Waals surface area contributed by atoms with Gasteiger partial charge in [0.15, 0.2) is 0 Å². The molecule has 0 aromatic heterocycles. The topological polar surface area (TPSA) is 64.4 Å². The second-order valence-corrected chi connectivity index (χ2v) is 9.72. The van der Waals surface area contributed by atoms with Gasteiger partial charge >= 0.3 is 0 Å². The molecule has 3 heterocycles. The van der Waals surface area contributed by atoms with Gasteiger partial charge in [0.05, 0.1) is 5.69 Å². The van der Waals surface area contributed by atoms with Crippen LogP contribution in [0.15, 0.2) is 77.0 Å². The number of rotatable bonds is 2. The molecule has 2 aromatic rings. The summed E-state index contributed by atoms with van der Waals surface area (Å²) in [6.07, 6.45) is 5.94. The van der Waals surface area contributed by atoms with Gasteiger partial charge in [-0.05, 0) is 67.7 Å². The first kappa shape index (κ1) is 21.9. The molecule has 2 amide bonds. The molecule has 5 nitrogen and oxygen atoms in total. The fourth-order valence-electron chi connectivity index (χ4n) is 5.37. The quantitative estimate of drug-likeness (QED) is 0.463. The Kier molecular flexibility index (Phi) is 5.06. The summed E-state index contributed by atoms with van der Waals surface area (Å²) < 4.78 is 0. The highest BCUT2D eigenvalue weighted by molar-refractivity contribution is 6.31. The number of anilines is 2. The van der Waals surface area contributed by atoms with Crippen molar-refractivity contribution in [3.05, 3.63) is 93.7 Å². The monoisotopic (exact) mass is 449 g/mol. The summed E-state index contributed by atoms with van der Waals surface area (Å²) in [5.41, 5.74) is 7.14. The summed E-state index contributed by atoms with van der Waals surface area (Å²) in [6, 6.07) is 15.7. The highest BCUT2D eigenvalue weighted by atomic mass is 16.2. The minimum atomic E-state index is -0.576. The Morgan fingerprint density at radius 2 is 1.74 bits per heavy atom. The van der Waals surface area contributed by atoms with Crippen LogP contribution in [-0.2, 0) is 21.4 Å². The van der Waals surface area contributed by atoms with Gasteiger partial charge in [-0.3, -0.25) is 9.59 Å². The second kappa shape index (κ2) is 7.85. The summed E-state index contributed by atoms with van der Waals surface area (Å²) in [6.45, 7) is 8.97. The van der Waals surface area contributed by atoms with Crippen LogP contribution in [0.25, 0.3) is 0 Å². The van der Waals surface area contributed by atoms with Crippen LogP contribution in [0.1, 0.15) is 43.9 Å². The first-order valence-corrected chi connectivity index (χ1v) is 11.6. The third-order valence-corrected chi connectivity index (χ3v) is 7.26. The molecule has 0 fully saturated rings. The van der Waals surface area contributed by atoms with Gasteiger partial charge in [-0.25, -0.2) is 4.90 Å². The van der Waals surface area contributed by atoms with Gasteiger partial charge in [0.2, 0.25) is 0 Å². The van der Waals surface area contributed by atoms with Crippen LogP contribution in [0.5, 0.6) is 0 Å². The Bertz CT molecular complexity index is 1370. The Balaban J connectivity index is 1.63. The molecule has 0 saturated heterocycles. The Labute approximate surface area is 200 Å². The Morgan fingerprint density at radius 1 is 1.00 bits per heavy atom. The predicted molar refractivity (Wildman–Crippen MR) is 133 cm³/mol. The normalized spacial score (nSPS) is 21.4. The number of carbonyl (C=O) groups excluding carboxylic acids is 2. The van der Waals surface area contributed by atoms with Gasteiger partial charge in [-0.2, -0.15) is 5.26 Å². The smallest absolute Gasteiger partial charge is 0.276 e. The zero-order valence-corrected chi connectivity index (χ0v) is 20.0. The van der Waals surface area contributed by atoms with Gasteiger partial charge in [-0.15, -0.1) is 0 Å². The lowest BCUT2D eigenvalue weighted by atomic mass is 9.83. The molecule has 0 saturated carbocycles. The lowest BCUT2D eigenvalue weighted by Gasteiger charge is -2.30. The van der Waals surface area contributed by atoms with Gasteiger partial charge in [0.25, 0.3) is 11.8 Å². The molecule has 0 atom stereocenters. The van der Waals surface area contributed by atoms with Crippen molar-refractivity contribution in [2.45, 2.75) is 46.0 Å². The molecule has 0 unspecified atom stereocenters. The molecule has 0 aliphatic carbocycles. The number of benzene rings is 2. The number of amides is 2. The molecule has 0 spiro atoms. The molecule has 3 aliphatic rings. The molecule has 2 aromatic carbocycles. The van der Waals surface area contributed by atoms with Crippen molar-refractivity contribution < 1.29 is 9.59 Å². The van der Waals surface area contributed by atoms with Crippen LogP contribution in [0.2, 0.25) is 0 Å². The molecular weight excluding hydrogens is 422 g/mol. The summed E-state index contributed by atoms with van der Waals surface area (Å²) in [4.78, 5) is 30.1. The van der Waals surface area contributed by atoms with E-state index in [-0.39, 0.29) is 11.0 Å². The van der Waals surface area contributed by atoms with Crippen molar-refractivity contribution in [3.8, 4) is 6.07 Å². The molecule has 3 aliphatic heterocycles. The third kappa shape index (κ3) is 3.13. The molecule has 170 valence electrons. The van der Waals surface area contributed by atoms with Gasteiger partial charge in [0, 0.05) is 28.9 Å². The van der Waals surface area contributed by atoms with Crippen molar-refractivity contribution in [3.63, 3.8) is 0 Å². The number of para-hydroxylation sites is 1. The number of hydrogen-bond acceptors (Lipinski definition) is 4. The van der Waals surface area contributed by atoms with E-state index in [0.717, 1.165) is 35.5 Å². The standard InChI is InChI=1S/C29H27N3O2/c1-18-10-12-21(13-11-18)32-27(33)22(19(2)23(17-30)28(32)34)14-15-25-29(3,4)24-9-5-7-20-8-6-16-31(25)26(20)24/h5,7,9-15H,6,8,16H2,1-4H3/b22-14-,25-15+. The number of carbonyl (C=O) groups is 2. The van der Waals surface area contributed by atoms with Crippen molar-refractivity contribution in [2.24, 2.45) is 0 Å². The number of hydrogen-bond donors (Lipinski definition) is 0. The first-order valence-electron chi connectivity index (χ1n) is 11.6. The van der Waals surface area contributed by atoms with Crippen LogP contribution < -0.4 is 9.80 Å². The summed E-state index contributed by atoms with van der Waals surface area (Å²) >= 11 is 0. The number of nitrogens with zero attached hydrogens (tertiary/aromatic N) is 3. The lowest BCUT2D eigenvalue weighted by molar-refractivity contribution is -0.122. The van der Waals surface area contributed by atoms with Crippen molar-refractivity contribution in [1.29, 1.82) is 5.26 Å². The van der Waals surface area contributed by atoms with E-state index in [1.165, 1.54) is 16.8 Å². The van der Waals surface area contributed by atoms with E-state index in [9.17, 15) is 14.9 Å². The largest absolute Gasteiger partial charge is 0.344 e. The van der Waals surface area contributed by atoms with E-state index < -0.39 is 11.8 Å². The summed E-state index contributed by atoms with van der Waals surface area (Å²) in [7, 11) is 0. The Hall–Kier alpha value is -3.91. The van der Waals surface area contributed by atoms with Crippen molar-refractivity contribution in [1.82, 2.24) is 0 Å². The van der Waals surface area contributed by atoms with Crippen LogP contribution >= 0.6 is 0 Å². The number of imide groups is 1. The first-order chi connectivity index (χ1) is 16.3. The fraction of sp³-hybridized carbons (Fsp3) is 0.276. The molecule has 5 rings (SSSR count). The Morgan fingerprint density at radius 3 is 2.44 bits per heavy atom. The van der Waals surface area contributed by atoms with E-state index in [2.05, 4.69) is 36.9 Å². The van der Waals surface area contributed by atoms with Gasteiger partial charge in [0.1, 0.15) is 11.6 Å². The molecule has 0 bridgehead atoms. The zero-order chi connectivity index (χ0) is 24.2. The van der Waals surface area contributed by atoms with Gasteiger partial charge in [-0.1, -0.05) is 49.7 Å². The average Bonchev–Trinajstić information content (AvgIpc) is 3.03. The number of aryl methyl sites for hydroxylation is 2. The maximum atomic E-state index is 13.5. The number of allylic oxidation sites excluding steroid dienone is 3. The second-order valence-electron chi connectivity index (χ2n) is 9.72. The highest BCUT2D eigenvalue weighted by Crippen LogP contribution is 2.51. The molecule has 0 radical (unpaired) electrons. The van der Waals surface area contributed by atoms with Crippen LogP contribution in [0.3, 0.4) is 0 Å². The average molecular weight is 450 g/mol. The van der Waals surface area contributed by atoms with E-state index in [1.54, 1.807) is 25.1 Å². The minimum absolute atomic E-state index is 0.000878. The molecule has 0 N–H and O–H groups in total. The van der Waals surface area contributed by atoms with E-state index >= 15 is 0 Å². The lowest BCUT2D eigenvalue weighted by Crippen LogP contribution is -2.43. The van der Waals surface area contributed by atoms with Crippen LogP contribution in [0.4, 0.5) is 11.4 Å². The summed E-state index contributed by atoms with van der Waals surface area (Å²) in [5.74, 6) is -0.984. The minimum Gasteiger partial charge on any atom is -0.344 e. The van der Waals surface area contributed by atoms with E-state index in [0.29, 0.717) is 16.8 Å². The molecule has 5 heteroatoms. The molecular formula is C29H27N3O2. The van der Waals surface area contributed by atoms with E-state index in [4.69, 9.17) is 0 Å². The SMILES string of the molecule is CC1=C(C#N)C(=O)N(c2ccc(C)cc2)C(=O)/C1=C\C=C1\N2CCCc3cccc(c32)C1(C)C. The summed E-state index contributed by atoms with van der Waals surface area (Å²) in [5, 5.41) is 9.73. The molecule has 34 heavy (non-hydrogen) atoms.